The van der Waals surface area contributed by atoms with E-state index >= 15 is 0 Å². The van der Waals surface area contributed by atoms with Crippen LogP contribution in [0.1, 0.15) is 39.0 Å². The van der Waals surface area contributed by atoms with Crippen molar-refractivity contribution in [1.29, 1.82) is 0 Å². The van der Waals surface area contributed by atoms with Gasteiger partial charge in [0.05, 0.1) is 0 Å². The molecule has 4 bridgehead atoms. The van der Waals surface area contributed by atoms with E-state index in [9.17, 15) is 9.90 Å². The molecule has 4 aliphatic rings. The fraction of sp³-hybridized carbons (Fsp3) is 0.923. The highest BCUT2D eigenvalue weighted by atomic mass is 79.9. The number of rotatable bonds is 2. The van der Waals surface area contributed by atoms with Gasteiger partial charge in [-0.2, -0.15) is 0 Å². The summed E-state index contributed by atoms with van der Waals surface area (Å²) in [6, 6.07) is 0. The van der Waals surface area contributed by atoms with Crippen LogP contribution in [-0.4, -0.2) is 15.9 Å². The molecule has 4 rings (SSSR count). The molecule has 0 aromatic rings. The van der Waals surface area contributed by atoms with Crippen molar-refractivity contribution in [3.63, 3.8) is 0 Å². The van der Waals surface area contributed by atoms with Gasteiger partial charge in [0.25, 0.3) is 0 Å². The molecule has 4 fully saturated rings. The first-order valence-electron chi connectivity index (χ1n) is 6.38. The molecule has 4 aliphatic carbocycles. The highest BCUT2D eigenvalue weighted by Gasteiger charge is 2.58. The molecule has 0 heterocycles. The van der Waals surface area contributed by atoms with Gasteiger partial charge in [-0.1, -0.05) is 22.9 Å². The Balaban J connectivity index is 1.93. The summed E-state index contributed by atoms with van der Waals surface area (Å²) < 4.78 is 0. The number of aliphatic carboxylic acids is 1. The molecule has 0 aliphatic heterocycles. The predicted molar refractivity (Wildman–Crippen MR) is 65.5 cm³/mol. The molecule has 0 radical (unpaired) electrons. The first-order valence-corrected chi connectivity index (χ1v) is 7.30. The first kappa shape index (κ1) is 11.1. The first-order chi connectivity index (χ1) is 7.51. The maximum Gasteiger partial charge on any atom is 0.317 e. The van der Waals surface area contributed by atoms with Crippen LogP contribution in [0.5, 0.6) is 0 Å². The fourth-order valence-electron chi connectivity index (χ4n) is 4.88. The molecule has 16 heavy (non-hydrogen) atoms. The normalized spacial score (nSPS) is 51.6. The molecule has 1 N–H and O–H groups in total. The van der Waals surface area contributed by atoms with Gasteiger partial charge in [-0.15, -0.1) is 0 Å². The largest absolute Gasteiger partial charge is 0.480 e. The predicted octanol–water partition coefficient (Wildman–Crippen LogP) is 3.30. The van der Waals surface area contributed by atoms with Crippen molar-refractivity contribution < 1.29 is 9.90 Å². The monoisotopic (exact) mass is 286 g/mol. The third kappa shape index (κ3) is 1.33. The molecule has 2 nitrogen and oxygen atoms in total. The lowest BCUT2D eigenvalue weighted by atomic mass is 9.45. The maximum atomic E-state index is 11.3. The highest BCUT2D eigenvalue weighted by molar-refractivity contribution is 9.10. The Morgan fingerprint density at radius 2 is 1.62 bits per heavy atom. The quantitative estimate of drug-likeness (QED) is 0.791. The van der Waals surface area contributed by atoms with E-state index in [0.717, 1.165) is 11.8 Å². The zero-order valence-corrected chi connectivity index (χ0v) is 11.2. The second-order valence-corrected chi connectivity index (χ2v) is 7.29. The molecule has 1 unspecified atom stereocenters. The zero-order chi connectivity index (χ0) is 11.5. The molecule has 3 heteroatoms. The summed E-state index contributed by atoms with van der Waals surface area (Å²) in [6.45, 7) is 2.22. The van der Waals surface area contributed by atoms with Gasteiger partial charge in [0.15, 0.2) is 0 Å². The smallest absolute Gasteiger partial charge is 0.317 e. The van der Waals surface area contributed by atoms with E-state index in [1.54, 1.807) is 0 Å². The number of hydrogen-bond donors (Lipinski definition) is 1. The van der Waals surface area contributed by atoms with Gasteiger partial charge in [0.2, 0.25) is 0 Å². The molecule has 0 amide bonds. The van der Waals surface area contributed by atoms with E-state index in [1.807, 2.05) is 0 Å². The fourth-order valence-corrected chi connectivity index (χ4v) is 5.63. The van der Waals surface area contributed by atoms with Crippen LogP contribution in [0.15, 0.2) is 0 Å². The van der Waals surface area contributed by atoms with Crippen molar-refractivity contribution in [2.24, 2.45) is 29.1 Å². The molecule has 1 atom stereocenters. The Hall–Kier alpha value is -0.0500. The van der Waals surface area contributed by atoms with Gasteiger partial charge >= 0.3 is 5.97 Å². The molecule has 0 aromatic carbocycles. The average molecular weight is 287 g/mol. The van der Waals surface area contributed by atoms with Crippen LogP contribution in [0.4, 0.5) is 0 Å². The minimum Gasteiger partial charge on any atom is -0.480 e. The average Bonchev–Trinajstić information content (AvgIpc) is 2.23. The lowest BCUT2D eigenvalue weighted by molar-refractivity contribution is -0.149. The Kier molecular flexibility index (Phi) is 2.40. The third-order valence-electron chi connectivity index (χ3n) is 5.66. The van der Waals surface area contributed by atoms with E-state index < -0.39 is 5.97 Å². The standard InChI is InChI=1S/C13H19BrO2/c1-13(11(14)12(15)16)9-3-7-2-8(5-9)6-10(13)4-7/h7-11H,2-6H2,1H3,(H,15,16). The van der Waals surface area contributed by atoms with Crippen LogP contribution in [0, 0.1) is 29.1 Å². The minimum absolute atomic E-state index is 0.000741. The van der Waals surface area contributed by atoms with Crippen molar-refractivity contribution in [2.45, 2.75) is 43.9 Å². The van der Waals surface area contributed by atoms with Crippen LogP contribution in [0.2, 0.25) is 0 Å². The summed E-state index contributed by atoms with van der Waals surface area (Å²) >= 11 is 3.45. The van der Waals surface area contributed by atoms with Crippen molar-refractivity contribution in [2.75, 3.05) is 0 Å². The van der Waals surface area contributed by atoms with Crippen molar-refractivity contribution in [3.8, 4) is 0 Å². The van der Waals surface area contributed by atoms with Crippen LogP contribution in [-0.2, 0) is 4.79 Å². The lowest BCUT2D eigenvalue weighted by Gasteiger charge is -2.61. The summed E-state index contributed by atoms with van der Waals surface area (Å²) in [7, 11) is 0. The Morgan fingerprint density at radius 1 is 1.19 bits per heavy atom. The third-order valence-corrected chi connectivity index (χ3v) is 7.04. The second kappa shape index (κ2) is 3.47. The molecular weight excluding hydrogens is 268 g/mol. The summed E-state index contributed by atoms with van der Waals surface area (Å²) in [5.74, 6) is 2.43. The number of carboxylic acid groups (broad SMARTS) is 1. The van der Waals surface area contributed by atoms with Gasteiger partial charge in [-0.25, -0.2) is 0 Å². The Bertz CT molecular complexity index is 298. The van der Waals surface area contributed by atoms with Crippen LogP contribution in [0.3, 0.4) is 0 Å². The van der Waals surface area contributed by atoms with E-state index in [1.165, 1.54) is 32.1 Å². The molecule has 4 saturated carbocycles. The Morgan fingerprint density at radius 3 is 2.00 bits per heavy atom. The summed E-state index contributed by atoms with van der Waals surface area (Å²) in [4.78, 5) is 10.9. The van der Waals surface area contributed by atoms with Gasteiger partial charge in [-0.3, -0.25) is 4.79 Å². The van der Waals surface area contributed by atoms with Crippen molar-refractivity contribution in [3.05, 3.63) is 0 Å². The Labute approximate surface area is 105 Å². The summed E-state index contributed by atoms with van der Waals surface area (Å²) in [5, 5.41) is 9.28. The molecular formula is C13H19BrO2. The number of alkyl halides is 1. The molecule has 90 valence electrons. The van der Waals surface area contributed by atoms with E-state index in [2.05, 4.69) is 22.9 Å². The zero-order valence-electron chi connectivity index (χ0n) is 9.66. The van der Waals surface area contributed by atoms with E-state index in [-0.39, 0.29) is 10.2 Å². The van der Waals surface area contributed by atoms with Crippen molar-refractivity contribution >= 4 is 21.9 Å². The maximum absolute atomic E-state index is 11.3. The second-order valence-electron chi connectivity index (χ2n) is 6.37. The number of carbonyl (C=O) groups is 1. The van der Waals surface area contributed by atoms with Crippen LogP contribution in [0.25, 0.3) is 0 Å². The molecule has 0 aromatic heterocycles. The van der Waals surface area contributed by atoms with Crippen LogP contribution < -0.4 is 0 Å². The minimum atomic E-state index is -0.671. The van der Waals surface area contributed by atoms with Crippen LogP contribution >= 0.6 is 15.9 Å². The summed E-state index contributed by atoms with van der Waals surface area (Å²) in [5.41, 5.74) is -0.000741. The van der Waals surface area contributed by atoms with Gasteiger partial charge in [0.1, 0.15) is 4.83 Å². The van der Waals surface area contributed by atoms with Gasteiger partial charge < -0.3 is 5.11 Å². The summed E-state index contributed by atoms with van der Waals surface area (Å²) in [6.07, 6.45) is 6.53. The SMILES string of the molecule is CC1(C(Br)C(=O)O)C2CC3CC(C2)CC1C3. The van der Waals surface area contributed by atoms with E-state index in [4.69, 9.17) is 0 Å². The number of hydrogen-bond acceptors (Lipinski definition) is 1. The highest BCUT2D eigenvalue weighted by Crippen LogP contribution is 2.64. The topological polar surface area (TPSA) is 37.3 Å². The van der Waals surface area contributed by atoms with Gasteiger partial charge in [0, 0.05) is 0 Å². The molecule has 0 saturated heterocycles. The van der Waals surface area contributed by atoms with Gasteiger partial charge in [-0.05, 0) is 61.2 Å². The number of carboxylic acids is 1. The number of halogens is 1. The van der Waals surface area contributed by atoms with E-state index in [0.29, 0.717) is 11.8 Å². The van der Waals surface area contributed by atoms with Crippen molar-refractivity contribution in [1.82, 2.24) is 0 Å². The lowest BCUT2D eigenvalue weighted by Crippen LogP contribution is -2.56. The molecule has 0 spiro atoms.